The first-order valence-electron chi connectivity index (χ1n) is 8.86. The van der Waals surface area contributed by atoms with Gasteiger partial charge in [0.1, 0.15) is 11.3 Å². The minimum absolute atomic E-state index is 0.106. The fourth-order valence-electron chi connectivity index (χ4n) is 3.45. The molecule has 0 saturated carbocycles. The molecule has 1 amide bonds. The molecule has 3 aromatic rings. The molecule has 0 radical (unpaired) electrons. The van der Waals surface area contributed by atoms with Crippen LogP contribution >= 0.6 is 0 Å². The van der Waals surface area contributed by atoms with Crippen LogP contribution in [0.1, 0.15) is 29.6 Å². The monoisotopic (exact) mass is 334 g/mol. The van der Waals surface area contributed by atoms with Crippen molar-refractivity contribution in [2.45, 2.75) is 19.3 Å². The summed E-state index contributed by atoms with van der Waals surface area (Å²) >= 11 is 0. The lowest BCUT2D eigenvalue weighted by Gasteiger charge is -2.28. The van der Waals surface area contributed by atoms with Crippen molar-refractivity contribution in [2.24, 2.45) is 0 Å². The van der Waals surface area contributed by atoms with Crippen LogP contribution in [0.15, 0.2) is 52.9 Å². The van der Waals surface area contributed by atoms with Crippen molar-refractivity contribution in [1.82, 2.24) is 5.32 Å². The minimum Gasteiger partial charge on any atom is -0.456 e. The number of carbonyl (C=O) groups excluding carboxylic acids is 1. The summed E-state index contributed by atoms with van der Waals surface area (Å²) in [6.45, 7) is 2.29. The van der Waals surface area contributed by atoms with Crippen LogP contribution in [0.3, 0.4) is 0 Å². The summed E-state index contributed by atoms with van der Waals surface area (Å²) < 4.78 is 5.98. The predicted octanol–water partition coefficient (Wildman–Crippen LogP) is 4.45. The van der Waals surface area contributed by atoms with Gasteiger partial charge in [0.15, 0.2) is 0 Å². The van der Waals surface area contributed by atoms with Gasteiger partial charge in [-0.1, -0.05) is 6.07 Å². The topological polar surface area (TPSA) is 45.5 Å². The highest BCUT2D eigenvalue weighted by Gasteiger charge is 2.13. The van der Waals surface area contributed by atoms with Crippen molar-refractivity contribution in [2.75, 3.05) is 25.0 Å². The zero-order valence-corrected chi connectivity index (χ0v) is 14.4. The van der Waals surface area contributed by atoms with E-state index >= 15 is 0 Å². The maximum Gasteiger partial charge on any atom is 0.251 e. The minimum atomic E-state index is -0.106. The van der Waals surface area contributed by atoms with E-state index in [1.165, 1.54) is 24.9 Å². The maximum absolute atomic E-state index is 11.8. The molecule has 1 saturated heterocycles. The van der Waals surface area contributed by atoms with Crippen LogP contribution in [0.2, 0.25) is 0 Å². The number of fused-ring (bicyclic) bond motifs is 1. The maximum atomic E-state index is 11.8. The molecule has 4 rings (SSSR count). The third-order valence-electron chi connectivity index (χ3n) is 4.88. The smallest absolute Gasteiger partial charge is 0.251 e. The average molecular weight is 334 g/mol. The van der Waals surface area contributed by atoms with Gasteiger partial charge in [-0.15, -0.1) is 0 Å². The Morgan fingerprint density at radius 2 is 1.76 bits per heavy atom. The third-order valence-corrected chi connectivity index (χ3v) is 4.88. The number of nitrogens with one attached hydrogen (secondary N) is 1. The normalized spacial score (nSPS) is 14.7. The number of hydrogen-bond donors (Lipinski definition) is 1. The molecule has 4 nitrogen and oxygen atoms in total. The van der Waals surface area contributed by atoms with Gasteiger partial charge >= 0.3 is 0 Å². The van der Waals surface area contributed by atoms with Gasteiger partial charge in [0, 0.05) is 42.3 Å². The zero-order valence-electron chi connectivity index (χ0n) is 14.4. The second-order valence-corrected chi connectivity index (χ2v) is 6.54. The highest BCUT2D eigenvalue weighted by Crippen LogP contribution is 2.30. The zero-order chi connectivity index (χ0) is 17.2. The third kappa shape index (κ3) is 3.12. The molecule has 0 spiro atoms. The molecule has 0 bridgehead atoms. The van der Waals surface area contributed by atoms with E-state index in [1.807, 2.05) is 18.2 Å². The highest BCUT2D eigenvalue weighted by atomic mass is 16.3. The van der Waals surface area contributed by atoms with Gasteiger partial charge in [0.2, 0.25) is 0 Å². The Bertz CT molecular complexity index is 890. The number of benzene rings is 2. The molecule has 1 aliphatic heterocycles. The number of anilines is 1. The SMILES string of the molecule is CNC(=O)c1ccc2cc(-c3ccc(N4CCCCC4)cc3)oc2c1. The number of piperidine rings is 1. The van der Waals surface area contributed by atoms with Gasteiger partial charge in [-0.3, -0.25) is 4.79 Å². The molecule has 0 unspecified atom stereocenters. The van der Waals surface area contributed by atoms with E-state index in [0.29, 0.717) is 5.56 Å². The van der Waals surface area contributed by atoms with Gasteiger partial charge in [-0.25, -0.2) is 0 Å². The van der Waals surface area contributed by atoms with Gasteiger partial charge < -0.3 is 14.6 Å². The quantitative estimate of drug-likeness (QED) is 0.770. The lowest BCUT2D eigenvalue weighted by atomic mass is 10.1. The molecule has 1 aliphatic rings. The van der Waals surface area contributed by atoms with E-state index in [1.54, 1.807) is 13.1 Å². The first-order chi connectivity index (χ1) is 12.2. The van der Waals surface area contributed by atoms with Crippen LogP contribution in [0.4, 0.5) is 5.69 Å². The summed E-state index contributed by atoms with van der Waals surface area (Å²) in [6, 6.07) is 16.1. The number of carbonyl (C=O) groups is 1. The standard InChI is InChI=1S/C21H22N2O2/c1-22-21(24)17-6-5-16-13-19(25-20(16)14-17)15-7-9-18(10-8-15)23-11-3-2-4-12-23/h5-10,13-14H,2-4,11-12H2,1H3,(H,22,24). The van der Waals surface area contributed by atoms with Gasteiger partial charge in [0.05, 0.1) is 0 Å². The lowest BCUT2D eigenvalue weighted by molar-refractivity contribution is 0.0963. The molecule has 2 aromatic carbocycles. The second kappa shape index (κ2) is 6.63. The van der Waals surface area contributed by atoms with E-state index < -0.39 is 0 Å². The molecule has 1 fully saturated rings. The van der Waals surface area contributed by atoms with Gasteiger partial charge in [0.25, 0.3) is 5.91 Å². The van der Waals surface area contributed by atoms with Crippen molar-refractivity contribution in [1.29, 1.82) is 0 Å². The summed E-state index contributed by atoms with van der Waals surface area (Å²) in [4.78, 5) is 14.2. The fraction of sp³-hybridized carbons (Fsp3) is 0.286. The van der Waals surface area contributed by atoms with Crippen LogP contribution in [0.25, 0.3) is 22.3 Å². The predicted molar refractivity (Wildman–Crippen MR) is 101 cm³/mol. The molecule has 1 aromatic heterocycles. The molecule has 0 atom stereocenters. The Morgan fingerprint density at radius 3 is 2.48 bits per heavy atom. The molecule has 1 N–H and O–H groups in total. The Kier molecular flexibility index (Phi) is 4.18. The molecule has 0 aliphatic carbocycles. The Labute approximate surface area is 147 Å². The van der Waals surface area contributed by atoms with Crippen LogP contribution in [-0.2, 0) is 0 Å². The first-order valence-corrected chi connectivity index (χ1v) is 8.86. The van der Waals surface area contributed by atoms with E-state index in [4.69, 9.17) is 4.42 Å². The molecule has 25 heavy (non-hydrogen) atoms. The van der Waals surface area contributed by atoms with E-state index in [9.17, 15) is 4.79 Å². The molecular formula is C21H22N2O2. The number of rotatable bonds is 3. The number of nitrogens with zero attached hydrogens (tertiary/aromatic N) is 1. The summed E-state index contributed by atoms with van der Waals surface area (Å²) in [5.74, 6) is 0.722. The van der Waals surface area contributed by atoms with Crippen molar-refractivity contribution in [3.05, 3.63) is 54.1 Å². The Balaban J connectivity index is 1.61. The van der Waals surface area contributed by atoms with Crippen molar-refractivity contribution in [3.63, 3.8) is 0 Å². The molecule has 4 heteroatoms. The number of furan rings is 1. The van der Waals surface area contributed by atoms with Crippen molar-refractivity contribution < 1.29 is 9.21 Å². The second-order valence-electron chi connectivity index (χ2n) is 6.54. The largest absolute Gasteiger partial charge is 0.456 e. The summed E-state index contributed by atoms with van der Waals surface area (Å²) in [7, 11) is 1.63. The fourth-order valence-corrected chi connectivity index (χ4v) is 3.45. The molecular weight excluding hydrogens is 312 g/mol. The van der Waals surface area contributed by atoms with E-state index in [-0.39, 0.29) is 5.91 Å². The molecule has 2 heterocycles. The summed E-state index contributed by atoms with van der Waals surface area (Å²) in [5.41, 5.74) is 3.67. The van der Waals surface area contributed by atoms with Crippen LogP contribution in [0, 0.1) is 0 Å². The van der Waals surface area contributed by atoms with Crippen molar-refractivity contribution >= 4 is 22.6 Å². The molecule has 128 valence electrons. The van der Waals surface area contributed by atoms with Crippen LogP contribution < -0.4 is 10.2 Å². The Morgan fingerprint density at radius 1 is 1.00 bits per heavy atom. The first kappa shape index (κ1) is 15.8. The average Bonchev–Trinajstić information content (AvgIpc) is 3.11. The van der Waals surface area contributed by atoms with Crippen LogP contribution in [0.5, 0.6) is 0 Å². The number of hydrogen-bond acceptors (Lipinski definition) is 3. The summed E-state index contributed by atoms with van der Waals surface area (Å²) in [5, 5.41) is 3.64. The van der Waals surface area contributed by atoms with Crippen LogP contribution in [-0.4, -0.2) is 26.0 Å². The van der Waals surface area contributed by atoms with E-state index in [0.717, 1.165) is 35.4 Å². The number of amides is 1. The van der Waals surface area contributed by atoms with Gasteiger partial charge in [-0.2, -0.15) is 0 Å². The lowest BCUT2D eigenvalue weighted by Crippen LogP contribution is -2.29. The van der Waals surface area contributed by atoms with Gasteiger partial charge in [-0.05, 0) is 61.7 Å². The summed E-state index contributed by atoms with van der Waals surface area (Å²) in [6.07, 6.45) is 3.89. The highest BCUT2D eigenvalue weighted by molar-refractivity contribution is 5.98. The Hall–Kier alpha value is -2.75. The van der Waals surface area contributed by atoms with E-state index in [2.05, 4.69) is 34.5 Å². The van der Waals surface area contributed by atoms with Crippen molar-refractivity contribution in [3.8, 4) is 11.3 Å².